The van der Waals surface area contributed by atoms with Crippen LogP contribution in [0.1, 0.15) is 0 Å². The van der Waals surface area contributed by atoms with Crippen molar-refractivity contribution in [2.45, 2.75) is 6.43 Å². The Labute approximate surface area is 80.5 Å². The molecule has 1 N–H and O–H groups in total. The van der Waals surface area contributed by atoms with Crippen LogP contribution in [0.5, 0.6) is 0 Å². The Kier molecular flexibility index (Phi) is 6.19. The second-order valence-electron chi connectivity index (χ2n) is 2.19. The first-order valence-corrected chi connectivity index (χ1v) is 3.77. The molecule has 2 nitrogen and oxygen atoms in total. The summed E-state index contributed by atoms with van der Waals surface area (Å²) >= 11 is 0. The Balaban J connectivity index is 4.73. The lowest BCUT2D eigenvalue weighted by Crippen LogP contribution is -2.03. The molecule has 14 heavy (non-hydrogen) atoms. The van der Waals surface area contributed by atoms with Crippen LogP contribution in [-0.4, -0.2) is 19.7 Å². The maximum Gasteiger partial charge on any atom is 0.268 e. The molecule has 0 aromatic heterocycles. The third-order valence-electron chi connectivity index (χ3n) is 1.24. The van der Waals surface area contributed by atoms with Crippen LogP contribution in [0.2, 0.25) is 0 Å². The molecule has 0 heterocycles. The van der Waals surface area contributed by atoms with E-state index in [1.54, 1.807) is 0 Å². The van der Waals surface area contributed by atoms with Crippen molar-refractivity contribution in [3.05, 3.63) is 36.5 Å². The quantitative estimate of drug-likeness (QED) is 0.539. The minimum Gasteiger partial charge on any atom is -0.368 e. The molecule has 5 heteroatoms. The Bertz CT molecular complexity index is 267. The molecule has 0 fully saturated rings. The molecule has 0 rings (SSSR count). The maximum atomic E-state index is 13.0. The molecule has 0 bridgehead atoms. The number of hydrogen-bond acceptors (Lipinski definition) is 2. The molecule has 0 aliphatic heterocycles. The van der Waals surface area contributed by atoms with Crippen LogP contribution in [0.25, 0.3) is 0 Å². The largest absolute Gasteiger partial charge is 0.368 e. The Morgan fingerprint density at radius 2 is 2.14 bits per heavy atom. The normalized spacial score (nSPS) is 13.8. The summed E-state index contributed by atoms with van der Waals surface area (Å²) in [5, 5.41) is 2.28. The monoisotopic (exact) mass is 204 g/mol. The zero-order valence-corrected chi connectivity index (χ0v) is 7.67. The van der Waals surface area contributed by atoms with Gasteiger partial charge in [-0.25, -0.2) is 13.2 Å². The number of hydrogen-bond donors (Lipinski definition) is 1. The van der Waals surface area contributed by atoms with Gasteiger partial charge < -0.3 is 5.32 Å². The fraction of sp³-hybridized carbons (Fsp3) is 0.222. The van der Waals surface area contributed by atoms with E-state index < -0.39 is 17.8 Å². The molecule has 0 unspecified atom stereocenters. The lowest BCUT2D eigenvalue weighted by atomic mass is 10.2. The summed E-state index contributed by atoms with van der Waals surface area (Å²) in [5.41, 5.74) is -0.732. The fourth-order valence-electron chi connectivity index (χ4n) is 0.621. The zero-order valence-electron chi connectivity index (χ0n) is 7.67. The molecule has 0 amide bonds. The van der Waals surface area contributed by atoms with Gasteiger partial charge in [-0.15, -0.1) is 0 Å². The van der Waals surface area contributed by atoms with Gasteiger partial charge in [-0.05, 0) is 12.3 Å². The van der Waals surface area contributed by atoms with E-state index in [9.17, 15) is 13.2 Å². The summed E-state index contributed by atoms with van der Waals surface area (Å²) in [4.78, 5) is 3.44. The van der Waals surface area contributed by atoms with Gasteiger partial charge in [0.25, 0.3) is 6.43 Å². The first-order valence-electron chi connectivity index (χ1n) is 3.77. The summed E-state index contributed by atoms with van der Waals surface area (Å²) in [5.74, 6) is -1.03. The summed E-state index contributed by atoms with van der Waals surface area (Å²) in [7, 11) is 1.41. The summed E-state index contributed by atoms with van der Waals surface area (Å²) in [6.45, 7) is 3.24. The molecule has 0 spiro atoms. The third-order valence-corrected chi connectivity index (χ3v) is 1.24. The number of nitrogens with one attached hydrogen (secondary N) is 1. The summed E-state index contributed by atoms with van der Waals surface area (Å²) in [6, 6.07) is 0. The summed E-state index contributed by atoms with van der Waals surface area (Å²) in [6.07, 6.45) is 1.10. The van der Waals surface area contributed by atoms with E-state index in [2.05, 4.69) is 16.9 Å². The molecule has 78 valence electrons. The van der Waals surface area contributed by atoms with E-state index in [-0.39, 0.29) is 0 Å². The topological polar surface area (TPSA) is 24.4 Å². The van der Waals surface area contributed by atoms with Gasteiger partial charge in [0.2, 0.25) is 0 Å². The highest BCUT2D eigenvalue weighted by molar-refractivity contribution is 5.72. The van der Waals surface area contributed by atoms with Crippen molar-refractivity contribution >= 4 is 6.21 Å². The number of nitrogens with zero attached hydrogens (tertiary/aromatic N) is 1. The van der Waals surface area contributed by atoms with Gasteiger partial charge >= 0.3 is 0 Å². The number of rotatable bonds is 5. The minimum absolute atomic E-state index is 0.732. The van der Waals surface area contributed by atoms with Crippen molar-refractivity contribution in [1.29, 1.82) is 0 Å². The van der Waals surface area contributed by atoms with E-state index in [1.807, 2.05) is 0 Å². The van der Waals surface area contributed by atoms with E-state index >= 15 is 0 Å². The van der Waals surface area contributed by atoms with Gasteiger partial charge in [0.15, 0.2) is 0 Å². The molecule has 0 radical (unpaired) electrons. The van der Waals surface area contributed by atoms with Crippen LogP contribution < -0.4 is 5.32 Å². The van der Waals surface area contributed by atoms with Gasteiger partial charge in [-0.1, -0.05) is 6.58 Å². The highest BCUT2D eigenvalue weighted by Gasteiger charge is 2.15. The van der Waals surface area contributed by atoms with Crippen molar-refractivity contribution < 1.29 is 13.2 Å². The molecule has 0 saturated carbocycles. The second-order valence-corrected chi connectivity index (χ2v) is 2.19. The zero-order chi connectivity index (χ0) is 11.0. The molecular weight excluding hydrogens is 193 g/mol. The molecule has 0 aromatic rings. The van der Waals surface area contributed by atoms with Crippen LogP contribution in [0.4, 0.5) is 13.2 Å². The first-order chi connectivity index (χ1) is 6.63. The van der Waals surface area contributed by atoms with E-state index in [0.717, 1.165) is 18.5 Å². The van der Waals surface area contributed by atoms with Gasteiger partial charge in [0.05, 0.1) is 5.57 Å². The van der Waals surface area contributed by atoms with Crippen LogP contribution >= 0.6 is 0 Å². The predicted octanol–water partition coefficient (Wildman–Crippen LogP) is 2.42. The van der Waals surface area contributed by atoms with Crippen LogP contribution in [0.3, 0.4) is 0 Å². The molecule has 0 saturated heterocycles. The first kappa shape index (κ1) is 12.5. The molecule has 0 aromatic carbocycles. The fourth-order valence-corrected chi connectivity index (χ4v) is 0.621. The smallest absolute Gasteiger partial charge is 0.268 e. The van der Waals surface area contributed by atoms with Gasteiger partial charge in [0.1, 0.15) is 5.83 Å². The van der Waals surface area contributed by atoms with Crippen molar-refractivity contribution in [1.82, 2.24) is 5.32 Å². The number of aliphatic imine (C=N–C) groups is 1. The van der Waals surface area contributed by atoms with Crippen LogP contribution in [0.15, 0.2) is 41.4 Å². The lowest BCUT2D eigenvalue weighted by molar-refractivity contribution is 0.187. The van der Waals surface area contributed by atoms with E-state index in [0.29, 0.717) is 0 Å². The second kappa shape index (κ2) is 6.94. The average Bonchev–Trinajstić information content (AvgIpc) is 2.14. The Hall–Kier alpha value is -1.52. The van der Waals surface area contributed by atoms with Gasteiger partial charge in [0, 0.05) is 19.5 Å². The van der Waals surface area contributed by atoms with Gasteiger partial charge in [-0.3, -0.25) is 4.99 Å². The van der Waals surface area contributed by atoms with E-state index in [1.165, 1.54) is 13.2 Å². The van der Waals surface area contributed by atoms with E-state index in [4.69, 9.17) is 0 Å². The van der Waals surface area contributed by atoms with Crippen LogP contribution in [-0.2, 0) is 0 Å². The standard InChI is InChI=1S/C9H11F3N2/c1-3-14-6-7(9(11)12)8(10)4-5-13-2/h3-6,9,14H,1H2,2H3/b7-6+,8-4+,13-5+. The van der Waals surface area contributed by atoms with Crippen molar-refractivity contribution in [2.24, 2.45) is 4.99 Å². The highest BCUT2D eigenvalue weighted by atomic mass is 19.3. The van der Waals surface area contributed by atoms with Crippen molar-refractivity contribution in [3.63, 3.8) is 0 Å². The Morgan fingerprint density at radius 3 is 2.57 bits per heavy atom. The molecule has 0 aliphatic rings. The maximum absolute atomic E-state index is 13.0. The Morgan fingerprint density at radius 1 is 1.50 bits per heavy atom. The predicted molar refractivity (Wildman–Crippen MR) is 51.0 cm³/mol. The summed E-state index contributed by atoms with van der Waals surface area (Å²) < 4.78 is 37.4. The molecule has 0 atom stereocenters. The van der Waals surface area contributed by atoms with Crippen molar-refractivity contribution in [2.75, 3.05) is 7.05 Å². The number of alkyl halides is 2. The number of halogens is 3. The lowest BCUT2D eigenvalue weighted by Gasteiger charge is -2.02. The molecule has 0 aliphatic carbocycles. The van der Waals surface area contributed by atoms with Gasteiger partial charge in [-0.2, -0.15) is 0 Å². The third kappa shape index (κ3) is 4.49. The average molecular weight is 204 g/mol. The van der Waals surface area contributed by atoms with Crippen LogP contribution in [0, 0.1) is 0 Å². The number of allylic oxidation sites excluding steroid dienone is 3. The SMILES string of the molecule is C=CN\C=C(/C(F)=C\C=N\C)C(F)F. The minimum atomic E-state index is -2.89. The molecular formula is C9H11F3N2. The highest BCUT2D eigenvalue weighted by Crippen LogP contribution is 2.18. The van der Waals surface area contributed by atoms with Crippen molar-refractivity contribution in [3.8, 4) is 0 Å².